The van der Waals surface area contributed by atoms with Gasteiger partial charge in [-0.25, -0.2) is 4.98 Å². The Morgan fingerprint density at radius 1 is 1.14 bits per heavy atom. The molecule has 0 bridgehead atoms. The molecule has 4 heteroatoms. The lowest BCUT2D eigenvalue weighted by atomic mass is 9.97. The largest absolute Gasteiger partial charge is 0.493 e. The van der Waals surface area contributed by atoms with E-state index in [0.717, 1.165) is 56.1 Å². The SMILES string of the molecule is CC(C)CC[C@@H](C)CCNCCNc1nccc2c1CCO2. The van der Waals surface area contributed by atoms with E-state index >= 15 is 0 Å². The summed E-state index contributed by atoms with van der Waals surface area (Å²) in [6, 6.07) is 1.95. The molecule has 0 aliphatic carbocycles. The highest BCUT2D eigenvalue weighted by atomic mass is 16.5. The van der Waals surface area contributed by atoms with Crippen LogP contribution in [-0.2, 0) is 6.42 Å². The van der Waals surface area contributed by atoms with E-state index in [1.807, 2.05) is 12.3 Å². The number of hydrogen-bond donors (Lipinski definition) is 2. The summed E-state index contributed by atoms with van der Waals surface area (Å²) in [6.07, 6.45) is 6.73. The maximum Gasteiger partial charge on any atom is 0.133 e. The zero-order chi connectivity index (χ0) is 15.8. The summed E-state index contributed by atoms with van der Waals surface area (Å²) in [5.41, 5.74) is 1.23. The summed E-state index contributed by atoms with van der Waals surface area (Å²) in [4.78, 5) is 4.42. The van der Waals surface area contributed by atoms with Gasteiger partial charge >= 0.3 is 0 Å². The van der Waals surface area contributed by atoms with Crippen LogP contribution in [0.25, 0.3) is 0 Å². The Morgan fingerprint density at radius 2 is 2.00 bits per heavy atom. The fourth-order valence-corrected chi connectivity index (χ4v) is 2.77. The molecule has 0 saturated heterocycles. The summed E-state index contributed by atoms with van der Waals surface area (Å²) >= 11 is 0. The third kappa shape index (κ3) is 5.48. The third-order valence-electron chi connectivity index (χ3n) is 4.27. The highest BCUT2D eigenvalue weighted by Crippen LogP contribution is 2.29. The van der Waals surface area contributed by atoms with Gasteiger partial charge < -0.3 is 15.4 Å². The predicted molar refractivity (Wildman–Crippen MR) is 92.6 cm³/mol. The van der Waals surface area contributed by atoms with Crippen LogP contribution < -0.4 is 15.4 Å². The maximum absolute atomic E-state index is 5.55. The molecule has 4 nitrogen and oxygen atoms in total. The second-order valence-electron chi connectivity index (χ2n) is 6.78. The fraction of sp³-hybridized carbons (Fsp3) is 0.722. The molecule has 1 aromatic rings. The summed E-state index contributed by atoms with van der Waals surface area (Å²) in [6.45, 7) is 10.7. The minimum Gasteiger partial charge on any atom is -0.493 e. The van der Waals surface area contributed by atoms with Gasteiger partial charge in [-0.15, -0.1) is 0 Å². The Balaban J connectivity index is 1.56. The van der Waals surface area contributed by atoms with Crippen molar-refractivity contribution in [2.75, 3.05) is 31.6 Å². The Hall–Kier alpha value is -1.29. The highest BCUT2D eigenvalue weighted by molar-refractivity contribution is 5.53. The number of anilines is 1. The van der Waals surface area contributed by atoms with E-state index in [1.54, 1.807) is 0 Å². The van der Waals surface area contributed by atoms with Gasteiger partial charge in [0.1, 0.15) is 11.6 Å². The molecular weight excluding hydrogens is 274 g/mol. The van der Waals surface area contributed by atoms with E-state index in [0.29, 0.717) is 0 Å². The molecule has 1 atom stereocenters. The van der Waals surface area contributed by atoms with Gasteiger partial charge in [-0.3, -0.25) is 0 Å². The summed E-state index contributed by atoms with van der Waals surface area (Å²) < 4.78 is 5.55. The van der Waals surface area contributed by atoms with Gasteiger partial charge in [0.25, 0.3) is 0 Å². The molecule has 0 aromatic carbocycles. The smallest absolute Gasteiger partial charge is 0.133 e. The number of ether oxygens (including phenoxy) is 1. The van der Waals surface area contributed by atoms with E-state index in [-0.39, 0.29) is 0 Å². The molecule has 22 heavy (non-hydrogen) atoms. The molecule has 2 heterocycles. The van der Waals surface area contributed by atoms with Gasteiger partial charge in [0.05, 0.1) is 6.61 Å². The molecule has 0 radical (unpaired) electrons. The van der Waals surface area contributed by atoms with Crippen molar-refractivity contribution in [2.24, 2.45) is 11.8 Å². The third-order valence-corrected chi connectivity index (χ3v) is 4.27. The number of fused-ring (bicyclic) bond motifs is 1. The molecule has 2 N–H and O–H groups in total. The quantitative estimate of drug-likeness (QED) is 0.650. The van der Waals surface area contributed by atoms with E-state index in [4.69, 9.17) is 4.74 Å². The maximum atomic E-state index is 5.55. The van der Waals surface area contributed by atoms with Crippen LogP contribution in [0.15, 0.2) is 12.3 Å². The van der Waals surface area contributed by atoms with Crippen LogP contribution in [0.3, 0.4) is 0 Å². The van der Waals surface area contributed by atoms with Gasteiger partial charge in [-0.05, 0) is 30.9 Å². The molecule has 0 spiro atoms. The van der Waals surface area contributed by atoms with Crippen molar-refractivity contribution in [2.45, 2.75) is 46.5 Å². The minimum absolute atomic E-state index is 0.780. The second kappa shape index (κ2) is 8.99. The van der Waals surface area contributed by atoms with Gasteiger partial charge in [-0.1, -0.05) is 33.6 Å². The van der Waals surface area contributed by atoms with E-state index in [2.05, 4.69) is 36.4 Å². The van der Waals surface area contributed by atoms with Crippen molar-refractivity contribution in [1.29, 1.82) is 0 Å². The molecule has 2 rings (SSSR count). The average Bonchev–Trinajstić information content (AvgIpc) is 2.98. The highest BCUT2D eigenvalue weighted by Gasteiger charge is 2.16. The van der Waals surface area contributed by atoms with Crippen molar-refractivity contribution in [3.63, 3.8) is 0 Å². The first-order valence-corrected chi connectivity index (χ1v) is 8.72. The number of nitrogens with one attached hydrogen (secondary N) is 2. The van der Waals surface area contributed by atoms with Crippen LogP contribution in [0.5, 0.6) is 5.75 Å². The summed E-state index contributed by atoms with van der Waals surface area (Å²) in [5.74, 6) is 3.62. The first kappa shape index (κ1) is 17.1. The first-order chi connectivity index (χ1) is 10.7. The van der Waals surface area contributed by atoms with Crippen molar-refractivity contribution in [1.82, 2.24) is 10.3 Å². The Morgan fingerprint density at radius 3 is 2.82 bits per heavy atom. The topological polar surface area (TPSA) is 46.2 Å². The number of hydrogen-bond acceptors (Lipinski definition) is 4. The van der Waals surface area contributed by atoms with Crippen LogP contribution in [0.1, 0.15) is 45.6 Å². The standard InChI is InChI=1S/C18H31N3O/c1-14(2)4-5-15(3)6-9-19-11-12-21-18-16-8-13-22-17(16)7-10-20-18/h7,10,14-15,19H,4-6,8-9,11-13H2,1-3H3,(H,20,21)/t15-/m1/s1. The Labute approximate surface area is 135 Å². The minimum atomic E-state index is 0.780. The molecule has 124 valence electrons. The van der Waals surface area contributed by atoms with Crippen molar-refractivity contribution in [3.05, 3.63) is 17.8 Å². The monoisotopic (exact) mass is 305 g/mol. The molecule has 0 amide bonds. The van der Waals surface area contributed by atoms with E-state index in [1.165, 1.54) is 24.8 Å². The van der Waals surface area contributed by atoms with Gasteiger partial charge in [0.15, 0.2) is 0 Å². The molecule has 1 aliphatic rings. The van der Waals surface area contributed by atoms with Crippen molar-refractivity contribution in [3.8, 4) is 5.75 Å². The van der Waals surface area contributed by atoms with E-state index < -0.39 is 0 Å². The molecule has 0 fully saturated rings. The summed E-state index contributed by atoms with van der Waals surface area (Å²) in [5, 5.41) is 6.94. The normalized spacial score (nSPS) is 14.7. The lowest BCUT2D eigenvalue weighted by Crippen LogP contribution is -2.24. The summed E-state index contributed by atoms with van der Waals surface area (Å²) in [7, 11) is 0. The number of aromatic nitrogens is 1. The van der Waals surface area contributed by atoms with Gasteiger partial charge in [-0.2, -0.15) is 0 Å². The average molecular weight is 305 g/mol. The van der Waals surface area contributed by atoms with Gasteiger partial charge in [0.2, 0.25) is 0 Å². The number of nitrogens with zero attached hydrogens (tertiary/aromatic N) is 1. The van der Waals surface area contributed by atoms with Crippen LogP contribution in [-0.4, -0.2) is 31.2 Å². The van der Waals surface area contributed by atoms with Crippen LogP contribution in [0.4, 0.5) is 5.82 Å². The zero-order valence-corrected chi connectivity index (χ0v) is 14.3. The van der Waals surface area contributed by atoms with Crippen molar-refractivity contribution >= 4 is 5.82 Å². The molecule has 1 aliphatic heterocycles. The first-order valence-electron chi connectivity index (χ1n) is 8.72. The number of pyridine rings is 1. The van der Waals surface area contributed by atoms with Gasteiger partial charge in [0, 0.05) is 31.3 Å². The lowest BCUT2D eigenvalue weighted by molar-refractivity contribution is 0.356. The predicted octanol–water partition coefficient (Wildman–Crippen LogP) is 3.48. The van der Waals surface area contributed by atoms with Crippen LogP contribution in [0, 0.1) is 11.8 Å². The molecule has 0 unspecified atom stereocenters. The fourth-order valence-electron chi connectivity index (χ4n) is 2.77. The number of rotatable bonds is 10. The van der Waals surface area contributed by atoms with Crippen LogP contribution >= 0.6 is 0 Å². The van der Waals surface area contributed by atoms with E-state index in [9.17, 15) is 0 Å². The molecule has 0 saturated carbocycles. The zero-order valence-electron chi connectivity index (χ0n) is 14.3. The lowest BCUT2D eigenvalue weighted by Gasteiger charge is -2.14. The second-order valence-corrected chi connectivity index (χ2v) is 6.78. The van der Waals surface area contributed by atoms with Crippen LogP contribution in [0.2, 0.25) is 0 Å². The molecular formula is C18H31N3O. The van der Waals surface area contributed by atoms with Crippen molar-refractivity contribution < 1.29 is 4.74 Å². The molecule has 1 aromatic heterocycles. The Bertz CT molecular complexity index is 448. The Kier molecular flexibility index (Phi) is 6.97.